The molecule has 1 fully saturated rings. The highest BCUT2D eigenvalue weighted by atomic mass is 32.2. The quantitative estimate of drug-likeness (QED) is 0.124. The number of fused-ring (bicyclic) bond motifs is 1. The van der Waals surface area contributed by atoms with E-state index in [1.54, 1.807) is 37.4 Å². The molecule has 7 atom stereocenters. The molecule has 7 nitrogen and oxygen atoms in total. The van der Waals surface area contributed by atoms with Gasteiger partial charge >= 0.3 is 0 Å². The van der Waals surface area contributed by atoms with Crippen LogP contribution < -0.4 is 4.74 Å². The van der Waals surface area contributed by atoms with Crippen LogP contribution in [0, 0.1) is 11.8 Å². The van der Waals surface area contributed by atoms with Crippen LogP contribution in [0.1, 0.15) is 65.4 Å². The standard InChI is InChI=1S/C35H52O7SSi/c1-8-9-11-16-31(42-44(6,7)35(2,3)4)33(36)34(43(37,38)27-14-12-10-13-15-27)28-21-22-30-29(28)23-32(41-30)40-24-25-17-19-26(39-5)20-18-25/h10,12-15,17-22,28-34,36H,8-9,11,16,23-24H2,1-7H3/t28-,29-,30+,31?,32?,33?,34?/m1/s1. The third-order valence-electron chi connectivity index (χ3n) is 9.68. The first-order chi connectivity index (χ1) is 20.8. The summed E-state index contributed by atoms with van der Waals surface area (Å²) >= 11 is 0. The zero-order valence-electron chi connectivity index (χ0n) is 27.4. The van der Waals surface area contributed by atoms with Crippen molar-refractivity contribution in [3.05, 3.63) is 72.3 Å². The van der Waals surface area contributed by atoms with E-state index in [1.807, 2.05) is 36.4 Å². The Labute approximate surface area is 266 Å². The number of aliphatic hydroxyl groups excluding tert-OH is 1. The molecule has 4 rings (SSSR count). The van der Waals surface area contributed by atoms with Crippen LogP contribution in [-0.2, 0) is 30.3 Å². The molecule has 1 heterocycles. The van der Waals surface area contributed by atoms with Crippen LogP contribution in [0.3, 0.4) is 0 Å². The van der Waals surface area contributed by atoms with Crippen molar-refractivity contribution in [3.8, 4) is 5.75 Å². The van der Waals surface area contributed by atoms with Gasteiger partial charge in [0.15, 0.2) is 24.4 Å². The van der Waals surface area contributed by atoms with Crippen LogP contribution in [0.2, 0.25) is 18.1 Å². The summed E-state index contributed by atoms with van der Waals surface area (Å²) in [6.07, 6.45) is 5.37. The van der Waals surface area contributed by atoms with Gasteiger partial charge in [0.1, 0.15) is 11.0 Å². The van der Waals surface area contributed by atoms with Crippen molar-refractivity contribution >= 4 is 18.2 Å². The van der Waals surface area contributed by atoms with Gasteiger partial charge in [0.2, 0.25) is 0 Å². The maximum Gasteiger partial charge on any atom is 0.192 e. The maximum absolute atomic E-state index is 14.5. The van der Waals surface area contributed by atoms with Crippen LogP contribution in [0.25, 0.3) is 0 Å². The molecule has 0 radical (unpaired) electrons. The Hall–Kier alpha value is -2.01. The van der Waals surface area contributed by atoms with E-state index in [4.69, 9.17) is 18.6 Å². The number of rotatable bonds is 15. The number of hydrogen-bond donors (Lipinski definition) is 1. The number of benzene rings is 2. The minimum absolute atomic E-state index is 0.0877. The fourth-order valence-corrected chi connectivity index (χ4v) is 9.52. The second-order valence-corrected chi connectivity index (χ2v) is 20.6. The molecule has 1 aliphatic heterocycles. The Morgan fingerprint density at radius 2 is 1.70 bits per heavy atom. The van der Waals surface area contributed by atoms with Crippen LogP contribution >= 0.6 is 0 Å². The number of methoxy groups -OCH3 is 1. The van der Waals surface area contributed by atoms with E-state index in [9.17, 15) is 13.5 Å². The lowest BCUT2D eigenvalue weighted by molar-refractivity contribution is -0.132. The van der Waals surface area contributed by atoms with Gasteiger partial charge in [-0.2, -0.15) is 0 Å². The largest absolute Gasteiger partial charge is 0.497 e. The van der Waals surface area contributed by atoms with Gasteiger partial charge in [0.25, 0.3) is 0 Å². The van der Waals surface area contributed by atoms with Crippen molar-refractivity contribution in [1.29, 1.82) is 0 Å². The summed E-state index contributed by atoms with van der Waals surface area (Å²) in [5, 5.41) is 11.1. The second-order valence-electron chi connectivity index (χ2n) is 13.8. The molecule has 1 aliphatic carbocycles. The van der Waals surface area contributed by atoms with Crippen molar-refractivity contribution in [2.45, 2.75) is 119 Å². The van der Waals surface area contributed by atoms with E-state index in [2.05, 4.69) is 40.8 Å². The van der Waals surface area contributed by atoms with Crippen molar-refractivity contribution in [2.24, 2.45) is 11.8 Å². The van der Waals surface area contributed by atoms with Gasteiger partial charge in [0, 0.05) is 18.3 Å². The fraction of sp³-hybridized carbons (Fsp3) is 0.600. The predicted molar refractivity (Wildman–Crippen MR) is 177 cm³/mol. The molecule has 4 unspecified atom stereocenters. The molecular weight excluding hydrogens is 593 g/mol. The highest BCUT2D eigenvalue weighted by Gasteiger charge is 2.53. The normalized spacial score (nSPS) is 24.2. The van der Waals surface area contributed by atoms with Crippen LogP contribution in [-0.4, -0.2) is 58.8 Å². The third kappa shape index (κ3) is 8.03. The molecule has 1 saturated heterocycles. The van der Waals surface area contributed by atoms with E-state index >= 15 is 0 Å². The lowest BCUT2D eigenvalue weighted by Gasteiger charge is -2.43. The average molecular weight is 645 g/mol. The van der Waals surface area contributed by atoms with E-state index in [0.29, 0.717) is 19.4 Å². The zero-order chi connectivity index (χ0) is 32.1. The molecule has 44 heavy (non-hydrogen) atoms. The smallest absolute Gasteiger partial charge is 0.192 e. The average Bonchev–Trinajstić information content (AvgIpc) is 3.57. The van der Waals surface area contributed by atoms with Crippen LogP contribution in [0.4, 0.5) is 0 Å². The SMILES string of the molecule is CCCCCC(O[Si](C)(C)C(C)(C)C)C(O)C([C@@H]1C=C[C@@H]2OC(OCc3ccc(OC)cc3)C[C@@H]21)S(=O)(=O)c1ccccc1. The second kappa shape index (κ2) is 14.6. The van der Waals surface area contributed by atoms with Gasteiger partial charge in [-0.25, -0.2) is 8.42 Å². The first kappa shape index (κ1) is 34.9. The van der Waals surface area contributed by atoms with Crippen molar-refractivity contribution < 1.29 is 32.2 Å². The van der Waals surface area contributed by atoms with Gasteiger partial charge in [0.05, 0.1) is 36.9 Å². The molecular formula is C35H52O7SSi. The van der Waals surface area contributed by atoms with Crippen molar-refractivity contribution in [1.82, 2.24) is 0 Å². The molecule has 0 saturated carbocycles. The summed E-state index contributed by atoms with van der Waals surface area (Å²) in [5.74, 6) is 0.188. The Morgan fingerprint density at radius 3 is 2.32 bits per heavy atom. The molecule has 2 aromatic carbocycles. The van der Waals surface area contributed by atoms with Crippen LogP contribution in [0.5, 0.6) is 5.75 Å². The Balaban J connectivity index is 1.61. The zero-order valence-corrected chi connectivity index (χ0v) is 29.3. The van der Waals surface area contributed by atoms with Gasteiger partial charge in [-0.05, 0) is 54.4 Å². The third-order valence-corrected chi connectivity index (χ3v) is 16.4. The Morgan fingerprint density at radius 1 is 1.02 bits per heavy atom. The number of aliphatic hydroxyl groups is 1. The number of hydrogen-bond acceptors (Lipinski definition) is 7. The maximum atomic E-state index is 14.5. The first-order valence-electron chi connectivity index (χ1n) is 16.0. The predicted octanol–water partition coefficient (Wildman–Crippen LogP) is 7.30. The van der Waals surface area contributed by atoms with E-state index in [1.165, 1.54) is 0 Å². The lowest BCUT2D eigenvalue weighted by atomic mass is 9.85. The monoisotopic (exact) mass is 644 g/mol. The minimum Gasteiger partial charge on any atom is -0.497 e. The van der Waals surface area contributed by atoms with Gasteiger partial charge < -0.3 is 23.7 Å². The van der Waals surface area contributed by atoms with Gasteiger partial charge in [-0.3, -0.25) is 0 Å². The summed E-state index contributed by atoms with van der Waals surface area (Å²) < 4.78 is 53.5. The summed E-state index contributed by atoms with van der Waals surface area (Å²) in [4.78, 5) is 0.215. The number of allylic oxidation sites excluding steroid dienone is 1. The summed E-state index contributed by atoms with van der Waals surface area (Å²) in [7, 11) is -4.63. The summed E-state index contributed by atoms with van der Waals surface area (Å²) in [5.41, 5.74) is 0.996. The van der Waals surface area contributed by atoms with E-state index in [-0.39, 0.29) is 22.0 Å². The number of ether oxygens (including phenoxy) is 3. The molecule has 0 bridgehead atoms. The molecule has 0 amide bonds. The molecule has 244 valence electrons. The minimum atomic E-state index is -3.94. The number of unbranched alkanes of at least 4 members (excludes halogenated alkanes) is 2. The van der Waals surface area contributed by atoms with Gasteiger partial charge in [-0.15, -0.1) is 0 Å². The topological polar surface area (TPSA) is 91.3 Å². The molecule has 0 aromatic heterocycles. The number of sulfone groups is 1. The first-order valence-corrected chi connectivity index (χ1v) is 20.5. The van der Waals surface area contributed by atoms with Gasteiger partial charge in [-0.1, -0.05) is 89.4 Å². The molecule has 2 aromatic rings. The summed E-state index contributed by atoms with van der Waals surface area (Å²) in [6.45, 7) is 13.3. The highest BCUT2D eigenvalue weighted by Crippen LogP contribution is 2.46. The Bertz CT molecular complexity index is 1320. The molecule has 1 N–H and O–H groups in total. The summed E-state index contributed by atoms with van der Waals surface area (Å²) in [6, 6.07) is 16.2. The lowest BCUT2D eigenvalue weighted by Crippen LogP contribution is -2.53. The fourth-order valence-electron chi connectivity index (χ4n) is 6.05. The molecule has 0 spiro atoms. The van der Waals surface area contributed by atoms with Crippen molar-refractivity contribution in [3.63, 3.8) is 0 Å². The molecule has 2 aliphatic rings. The Kier molecular flexibility index (Phi) is 11.6. The van der Waals surface area contributed by atoms with E-state index in [0.717, 1.165) is 30.6 Å². The van der Waals surface area contributed by atoms with E-state index < -0.39 is 47.8 Å². The van der Waals surface area contributed by atoms with Crippen LogP contribution in [0.15, 0.2) is 71.6 Å². The van der Waals surface area contributed by atoms with Crippen molar-refractivity contribution in [2.75, 3.05) is 7.11 Å². The molecule has 9 heteroatoms. The highest BCUT2D eigenvalue weighted by molar-refractivity contribution is 7.92.